The summed E-state index contributed by atoms with van der Waals surface area (Å²) < 4.78 is 66.2. The van der Waals surface area contributed by atoms with Gasteiger partial charge >= 0.3 is 6.18 Å². The number of benzene rings is 2. The lowest BCUT2D eigenvalue weighted by molar-refractivity contribution is -0.140. The zero-order valence-corrected chi connectivity index (χ0v) is 21.4. The summed E-state index contributed by atoms with van der Waals surface area (Å²) in [6, 6.07) is 4.10. The van der Waals surface area contributed by atoms with E-state index in [1.54, 1.807) is 31.0 Å². The molecule has 2 aromatic carbocycles. The Morgan fingerprint density at radius 1 is 1.21 bits per heavy atom. The molecule has 1 amide bonds. The molecule has 0 spiro atoms. The van der Waals surface area contributed by atoms with Crippen LogP contribution in [0.1, 0.15) is 42.8 Å². The predicted octanol–water partition coefficient (Wildman–Crippen LogP) is 5.11. The number of nitrogen functional groups attached to an aromatic ring is 1. The zero-order valence-electron chi connectivity index (χ0n) is 21.4. The van der Waals surface area contributed by atoms with Gasteiger partial charge in [-0.25, -0.2) is 14.4 Å². The lowest BCUT2D eigenvalue weighted by atomic mass is 10.0. The van der Waals surface area contributed by atoms with E-state index in [4.69, 9.17) is 15.2 Å². The van der Waals surface area contributed by atoms with Crippen LogP contribution in [0.5, 0.6) is 11.5 Å². The highest BCUT2D eigenvalue weighted by Gasteiger charge is 2.36. The summed E-state index contributed by atoms with van der Waals surface area (Å²) in [6.07, 6.45) is -3.08. The summed E-state index contributed by atoms with van der Waals surface area (Å²) in [5.74, 6) is 0.204. The Labute approximate surface area is 217 Å². The molecule has 12 heteroatoms. The van der Waals surface area contributed by atoms with Gasteiger partial charge in [0.05, 0.1) is 30.8 Å². The summed E-state index contributed by atoms with van der Waals surface area (Å²) in [5.41, 5.74) is 4.24. The van der Waals surface area contributed by atoms with Crippen molar-refractivity contribution in [1.82, 2.24) is 14.9 Å². The number of rotatable bonds is 9. The van der Waals surface area contributed by atoms with E-state index in [0.29, 0.717) is 40.8 Å². The van der Waals surface area contributed by atoms with Gasteiger partial charge in [-0.2, -0.15) is 13.2 Å². The van der Waals surface area contributed by atoms with E-state index in [2.05, 4.69) is 15.3 Å². The molecule has 4 rings (SSSR count). The van der Waals surface area contributed by atoms with Crippen molar-refractivity contribution in [1.29, 1.82) is 0 Å². The third-order valence-electron chi connectivity index (χ3n) is 6.33. The fraction of sp³-hybridized carbons (Fsp3) is 0.423. The molecule has 204 valence electrons. The molecule has 38 heavy (non-hydrogen) atoms. The van der Waals surface area contributed by atoms with Crippen molar-refractivity contribution >= 4 is 28.3 Å². The summed E-state index contributed by atoms with van der Waals surface area (Å²) >= 11 is 0. The Morgan fingerprint density at radius 2 is 1.92 bits per heavy atom. The van der Waals surface area contributed by atoms with Gasteiger partial charge < -0.3 is 25.4 Å². The van der Waals surface area contributed by atoms with E-state index in [0.717, 1.165) is 18.9 Å². The number of aromatic nitrogens is 2. The quantitative estimate of drug-likeness (QED) is 0.290. The summed E-state index contributed by atoms with van der Waals surface area (Å²) in [5, 5.41) is 3.49. The van der Waals surface area contributed by atoms with Crippen LogP contribution >= 0.6 is 0 Å². The topological polar surface area (TPSA) is 103 Å². The van der Waals surface area contributed by atoms with Gasteiger partial charge in [0, 0.05) is 35.7 Å². The number of halogens is 4. The molecule has 0 aliphatic heterocycles. The molecule has 0 bridgehead atoms. The Kier molecular flexibility index (Phi) is 7.52. The van der Waals surface area contributed by atoms with Crippen LogP contribution in [0.4, 0.5) is 29.1 Å². The van der Waals surface area contributed by atoms with Crippen molar-refractivity contribution in [2.75, 3.05) is 38.4 Å². The number of hydrogen-bond acceptors (Lipinski definition) is 7. The molecule has 8 nitrogen and oxygen atoms in total. The number of carbonyl (C=O) groups is 1. The molecule has 3 aromatic rings. The number of nitrogens with zero attached hydrogens (tertiary/aromatic N) is 3. The number of nitrogens with one attached hydrogen (secondary N) is 1. The average Bonchev–Trinajstić information content (AvgIpc) is 3.69. The third-order valence-corrected chi connectivity index (χ3v) is 6.33. The van der Waals surface area contributed by atoms with Crippen molar-refractivity contribution in [3.05, 3.63) is 47.0 Å². The van der Waals surface area contributed by atoms with E-state index in [1.165, 1.54) is 14.0 Å². The molecule has 1 aromatic heterocycles. The Balaban J connectivity index is 1.63. The number of hydrogen-bond donors (Lipinski definition) is 2. The maximum absolute atomic E-state index is 14.9. The van der Waals surface area contributed by atoms with Gasteiger partial charge in [0.2, 0.25) is 5.91 Å². The van der Waals surface area contributed by atoms with E-state index in [-0.39, 0.29) is 35.5 Å². The summed E-state index contributed by atoms with van der Waals surface area (Å²) in [6.45, 7) is 3.74. The molecule has 0 unspecified atom stereocenters. The van der Waals surface area contributed by atoms with Crippen LogP contribution < -0.4 is 20.5 Å². The third kappa shape index (κ3) is 5.84. The van der Waals surface area contributed by atoms with Crippen LogP contribution in [-0.2, 0) is 11.0 Å². The van der Waals surface area contributed by atoms with Gasteiger partial charge in [0.15, 0.2) is 11.5 Å². The highest BCUT2D eigenvalue weighted by molar-refractivity contribution is 5.92. The van der Waals surface area contributed by atoms with Crippen LogP contribution in [0.3, 0.4) is 0 Å². The maximum Gasteiger partial charge on any atom is 0.419 e. The maximum atomic E-state index is 14.9. The van der Waals surface area contributed by atoms with Gasteiger partial charge in [0.1, 0.15) is 24.1 Å². The van der Waals surface area contributed by atoms with Crippen LogP contribution in [0.25, 0.3) is 10.9 Å². The zero-order chi connectivity index (χ0) is 27.8. The molecule has 1 aliphatic carbocycles. The first-order valence-electron chi connectivity index (χ1n) is 12.1. The lowest BCUT2D eigenvalue weighted by Crippen LogP contribution is -2.31. The fourth-order valence-electron chi connectivity index (χ4n) is 4.15. The molecular formula is C26H29F4N5O3. The number of anilines is 2. The monoisotopic (exact) mass is 535 g/mol. The molecule has 0 radical (unpaired) electrons. The van der Waals surface area contributed by atoms with Crippen molar-refractivity contribution in [2.45, 2.75) is 38.9 Å². The normalized spacial score (nSPS) is 14.3. The second-order valence-electron chi connectivity index (χ2n) is 9.36. The van der Waals surface area contributed by atoms with Crippen LogP contribution in [0.15, 0.2) is 24.3 Å². The average molecular weight is 536 g/mol. The molecule has 1 aliphatic rings. The van der Waals surface area contributed by atoms with Gasteiger partial charge in [0.25, 0.3) is 0 Å². The molecule has 1 atom stereocenters. The van der Waals surface area contributed by atoms with Crippen molar-refractivity contribution in [3.63, 3.8) is 0 Å². The number of amides is 1. The number of likely N-dealkylation sites (N-methyl/N-ethyl adjacent to an activating group) is 1. The second kappa shape index (κ2) is 10.5. The molecule has 0 saturated heterocycles. The van der Waals surface area contributed by atoms with Gasteiger partial charge in [-0.1, -0.05) is 0 Å². The van der Waals surface area contributed by atoms with Crippen molar-refractivity contribution in [2.24, 2.45) is 5.92 Å². The van der Waals surface area contributed by atoms with E-state index in [1.807, 2.05) is 0 Å². The van der Waals surface area contributed by atoms with Gasteiger partial charge in [-0.05, 0) is 44.9 Å². The predicted molar refractivity (Wildman–Crippen MR) is 135 cm³/mol. The molecular weight excluding hydrogens is 506 g/mol. The number of methoxy groups -OCH3 is 1. The van der Waals surface area contributed by atoms with E-state index < -0.39 is 23.6 Å². The molecule has 1 fully saturated rings. The number of aryl methyl sites for hydroxylation is 1. The highest BCUT2D eigenvalue weighted by Crippen LogP contribution is 2.38. The van der Waals surface area contributed by atoms with Crippen molar-refractivity contribution < 1.29 is 31.8 Å². The van der Waals surface area contributed by atoms with Crippen molar-refractivity contribution in [3.8, 4) is 11.5 Å². The SMILES string of the molecule is COc1cc2nc(C)nc(N[C@H](C)c3cc(N)cc(C(F)(F)F)c3F)c2cc1OCCN(C)C(=O)C1CC1. The minimum Gasteiger partial charge on any atom is -0.493 e. The molecule has 3 N–H and O–H groups in total. The fourth-order valence-corrected chi connectivity index (χ4v) is 4.15. The van der Waals surface area contributed by atoms with E-state index >= 15 is 0 Å². The highest BCUT2D eigenvalue weighted by atomic mass is 19.4. The lowest BCUT2D eigenvalue weighted by Gasteiger charge is -2.21. The summed E-state index contributed by atoms with van der Waals surface area (Å²) in [7, 11) is 3.20. The molecule has 1 saturated carbocycles. The summed E-state index contributed by atoms with van der Waals surface area (Å²) in [4.78, 5) is 22.6. The van der Waals surface area contributed by atoms with Gasteiger partial charge in [-0.3, -0.25) is 4.79 Å². The first-order valence-corrected chi connectivity index (χ1v) is 12.1. The van der Waals surface area contributed by atoms with Crippen LogP contribution in [-0.4, -0.2) is 48.1 Å². The first-order chi connectivity index (χ1) is 17.9. The number of alkyl halides is 3. The van der Waals surface area contributed by atoms with E-state index in [9.17, 15) is 22.4 Å². The first kappa shape index (κ1) is 27.2. The van der Waals surface area contributed by atoms with Crippen LogP contribution in [0, 0.1) is 18.7 Å². The Hall–Kier alpha value is -3.83. The second-order valence-corrected chi connectivity index (χ2v) is 9.36. The molecule has 1 heterocycles. The largest absolute Gasteiger partial charge is 0.493 e. The van der Waals surface area contributed by atoms with Crippen LogP contribution in [0.2, 0.25) is 0 Å². The Morgan fingerprint density at radius 3 is 2.55 bits per heavy atom. The van der Waals surface area contributed by atoms with Gasteiger partial charge in [-0.15, -0.1) is 0 Å². The number of fused-ring (bicyclic) bond motifs is 1. The number of nitrogens with two attached hydrogens (primary N) is 1. The number of ether oxygens (including phenoxy) is 2. The smallest absolute Gasteiger partial charge is 0.419 e. The minimum atomic E-state index is -4.90. The Bertz CT molecular complexity index is 1360. The standard InChI is InChI=1S/C26H29F4N5O3/c1-13(17-9-16(31)10-19(23(17)27)26(28,29)30)32-24-18-11-22(21(37-4)12-20(18)33-14(2)34-24)38-8-7-35(3)25(36)15-5-6-15/h9-13,15H,5-8,31H2,1-4H3,(H,32,33,34)/t13-/m1/s1. The minimum absolute atomic E-state index is 0.0888. The number of carbonyl (C=O) groups excluding carboxylic acids is 1.